The molecule has 2 atom stereocenters. The normalized spacial score (nSPS) is 21.5. The van der Waals surface area contributed by atoms with Gasteiger partial charge in [0.05, 0.1) is 18.6 Å². The van der Waals surface area contributed by atoms with E-state index in [1.165, 1.54) is 13.2 Å². The van der Waals surface area contributed by atoms with E-state index in [2.05, 4.69) is 0 Å². The van der Waals surface area contributed by atoms with Gasteiger partial charge in [0.25, 0.3) is 0 Å². The number of benzene rings is 1. The summed E-state index contributed by atoms with van der Waals surface area (Å²) in [5.74, 6) is -1.67. The highest BCUT2D eigenvalue weighted by Gasteiger charge is 2.49. The minimum absolute atomic E-state index is 0.204. The van der Waals surface area contributed by atoms with Gasteiger partial charge in [-0.1, -0.05) is 11.6 Å². The van der Waals surface area contributed by atoms with E-state index in [4.69, 9.17) is 21.4 Å². The highest BCUT2D eigenvalue weighted by molar-refractivity contribution is 6.31. The summed E-state index contributed by atoms with van der Waals surface area (Å²) in [6, 6.07) is 3.24. The molecule has 0 saturated heterocycles. The van der Waals surface area contributed by atoms with E-state index in [0.29, 0.717) is 22.8 Å². The average Bonchev–Trinajstić information content (AvgIpc) is 3.07. The number of rotatable bonds is 4. The molecule has 2 unspecified atom stereocenters. The van der Waals surface area contributed by atoms with Crippen LogP contribution in [-0.2, 0) is 4.79 Å². The van der Waals surface area contributed by atoms with E-state index in [-0.39, 0.29) is 5.78 Å². The zero-order valence-electron chi connectivity index (χ0n) is 10.1. The predicted octanol–water partition coefficient (Wildman–Crippen LogP) is 2.56. The van der Waals surface area contributed by atoms with Crippen LogP contribution in [0.2, 0.25) is 5.02 Å². The van der Waals surface area contributed by atoms with Gasteiger partial charge in [0, 0.05) is 10.9 Å². The number of aryl methyl sites for hydroxylation is 1. The molecule has 0 bridgehead atoms. The molecule has 0 spiro atoms. The molecule has 0 aliphatic heterocycles. The Morgan fingerprint density at radius 3 is 2.56 bits per heavy atom. The Balaban J connectivity index is 2.34. The smallest absolute Gasteiger partial charge is 0.307 e. The Kier molecular flexibility index (Phi) is 3.30. The number of methoxy groups -OCH3 is 1. The summed E-state index contributed by atoms with van der Waals surface area (Å²) in [6.07, 6.45) is 0.392. The fourth-order valence-corrected chi connectivity index (χ4v) is 2.41. The summed E-state index contributed by atoms with van der Waals surface area (Å²) < 4.78 is 5.20. The minimum Gasteiger partial charge on any atom is -0.496 e. The molecule has 0 amide bonds. The fourth-order valence-electron chi connectivity index (χ4n) is 2.14. The lowest BCUT2D eigenvalue weighted by Gasteiger charge is -2.11. The van der Waals surface area contributed by atoms with Gasteiger partial charge in [-0.15, -0.1) is 0 Å². The molecule has 1 aromatic carbocycles. The molecule has 1 saturated carbocycles. The SMILES string of the molecule is COc1c(C)cc(Cl)cc1C(=O)C1CC1C(=O)O. The van der Waals surface area contributed by atoms with E-state index in [0.717, 1.165) is 5.56 Å². The van der Waals surface area contributed by atoms with Gasteiger partial charge < -0.3 is 9.84 Å². The molecule has 1 N–H and O–H groups in total. The minimum atomic E-state index is -0.925. The van der Waals surface area contributed by atoms with Gasteiger partial charge in [0.1, 0.15) is 5.75 Å². The van der Waals surface area contributed by atoms with Crippen molar-refractivity contribution in [2.75, 3.05) is 7.11 Å². The standard InChI is InChI=1S/C13H13ClO4/c1-6-3-7(14)4-10(12(6)18-2)11(15)8-5-9(8)13(16)17/h3-4,8-9H,5H2,1-2H3,(H,16,17). The van der Waals surface area contributed by atoms with Crippen LogP contribution in [-0.4, -0.2) is 24.0 Å². The highest BCUT2D eigenvalue weighted by Crippen LogP contribution is 2.43. The van der Waals surface area contributed by atoms with Gasteiger partial charge >= 0.3 is 5.97 Å². The molecule has 0 aromatic heterocycles. The lowest BCUT2D eigenvalue weighted by molar-refractivity contribution is -0.138. The average molecular weight is 269 g/mol. The van der Waals surface area contributed by atoms with Crippen LogP contribution in [0.15, 0.2) is 12.1 Å². The molecule has 4 nitrogen and oxygen atoms in total. The number of halogens is 1. The number of hydrogen-bond acceptors (Lipinski definition) is 3. The fraction of sp³-hybridized carbons (Fsp3) is 0.385. The topological polar surface area (TPSA) is 63.6 Å². The first-order valence-electron chi connectivity index (χ1n) is 5.57. The third-order valence-electron chi connectivity index (χ3n) is 3.15. The Morgan fingerprint density at radius 2 is 2.06 bits per heavy atom. The number of ketones is 1. The zero-order valence-corrected chi connectivity index (χ0v) is 10.8. The summed E-state index contributed by atoms with van der Waals surface area (Å²) in [6.45, 7) is 1.79. The largest absolute Gasteiger partial charge is 0.496 e. The predicted molar refractivity (Wildman–Crippen MR) is 66.3 cm³/mol. The summed E-state index contributed by atoms with van der Waals surface area (Å²) >= 11 is 5.92. The molecule has 1 aromatic rings. The Bertz CT molecular complexity index is 524. The van der Waals surface area contributed by atoms with Gasteiger partial charge in [-0.25, -0.2) is 0 Å². The van der Waals surface area contributed by atoms with Crippen LogP contribution < -0.4 is 4.74 Å². The molecule has 1 fully saturated rings. The number of carboxylic acid groups (broad SMARTS) is 1. The van der Waals surface area contributed by atoms with E-state index in [1.807, 2.05) is 0 Å². The number of carbonyl (C=O) groups is 2. The molecule has 5 heteroatoms. The molecule has 96 valence electrons. The molecule has 2 rings (SSSR count). The Labute approximate surface area is 110 Å². The van der Waals surface area contributed by atoms with Gasteiger partial charge in [0.2, 0.25) is 0 Å². The van der Waals surface area contributed by atoms with E-state index in [1.54, 1.807) is 13.0 Å². The van der Waals surface area contributed by atoms with Gasteiger partial charge in [0.15, 0.2) is 5.78 Å². The summed E-state index contributed by atoms with van der Waals surface area (Å²) in [5.41, 5.74) is 1.14. The second-order valence-electron chi connectivity index (χ2n) is 4.45. The van der Waals surface area contributed by atoms with Crippen molar-refractivity contribution in [1.29, 1.82) is 0 Å². The van der Waals surface area contributed by atoms with Crippen molar-refractivity contribution >= 4 is 23.4 Å². The first-order valence-corrected chi connectivity index (χ1v) is 5.94. The van der Waals surface area contributed by atoms with Crippen molar-refractivity contribution in [2.24, 2.45) is 11.8 Å². The maximum Gasteiger partial charge on any atom is 0.307 e. The lowest BCUT2D eigenvalue weighted by atomic mass is 10.0. The summed E-state index contributed by atoms with van der Waals surface area (Å²) in [7, 11) is 1.48. The molecule has 1 aliphatic rings. The summed E-state index contributed by atoms with van der Waals surface area (Å²) in [5, 5.41) is 9.29. The van der Waals surface area contributed by atoms with Crippen molar-refractivity contribution in [3.05, 3.63) is 28.3 Å². The van der Waals surface area contributed by atoms with Gasteiger partial charge in [-0.3, -0.25) is 9.59 Å². The van der Waals surface area contributed by atoms with Crippen molar-refractivity contribution in [2.45, 2.75) is 13.3 Å². The Hall–Kier alpha value is -1.55. The lowest BCUT2D eigenvalue weighted by Crippen LogP contribution is -2.10. The van der Waals surface area contributed by atoms with Crippen LogP contribution in [0.25, 0.3) is 0 Å². The molecular weight excluding hydrogens is 256 g/mol. The maximum absolute atomic E-state index is 12.2. The number of Topliss-reactive ketones (excluding diaryl/α,β-unsaturated/α-hetero) is 1. The van der Waals surface area contributed by atoms with Crippen molar-refractivity contribution in [3.8, 4) is 5.75 Å². The van der Waals surface area contributed by atoms with Crippen LogP contribution in [0.5, 0.6) is 5.75 Å². The highest BCUT2D eigenvalue weighted by atomic mass is 35.5. The molecule has 18 heavy (non-hydrogen) atoms. The van der Waals surface area contributed by atoms with Crippen LogP contribution in [0.3, 0.4) is 0 Å². The van der Waals surface area contributed by atoms with Gasteiger partial charge in [-0.2, -0.15) is 0 Å². The van der Waals surface area contributed by atoms with E-state index >= 15 is 0 Å². The number of ether oxygens (including phenoxy) is 1. The first kappa shape index (κ1) is 12.9. The van der Waals surface area contributed by atoms with E-state index in [9.17, 15) is 9.59 Å². The Morgan fingerprint density at radius 1 is 1.39 bits per heavy atom. The molecular formula is C13H13ClO4. The van der Waals surface area contributed by atoms with Gasteiger partial charge in [-0.05, 0) is 31.0 Å². The third kappa shape index (κ3) is 2.20. The number of hydrogen-bond donors (Lipinski definition) is 1. The van der Waals surface area contributed by atoms with Crippen LogP contribution >= 0.6 is 11.6 Å². The van der Waals surface area contributed by atoms with E-state index < -0.39 is 17.8 Å². The second kappa shape index (κ2) is 4.61. The number of carbonyl (C=O) groups excluding carboxylic acids is 1. The first-order chi connectivity index (χ1) is 8.45. The zero-order chi connectivity index (χ0) is 13.4. The number of carboxylic acids is 1. The monoisotopic (exact) mass is 268 g/mol. The summed E-state index contributed by atoms with van der Waals surface area (Å²) in [4.78, 5) is 23.0. The van der Waals surface area contributed by atoms with Crippen LogP contribution in [0.4, 0.5) is 0 Å². The van der Waals surface area contributed by atoms with Crippen molar-refractivity contribution in [1.82, 2.24) is 0 Å². The van der Waals surface area contributed by atoms with Crippen molar-refractivity contribution < 1.29 is 19.4 Å². The quantitative estimate of drug-likeness (QED) is 0.853. The van der Waals surface area contributed by atoms with Crippen molar-refractivity contribution in [3.63, 3.8) is 0 Å². The molecule has 1 aliphatic carbocycles. The molecule has 0 radical (unpaired) electrons. The van der Waals surface area contributed by atoms with Crippen LogP contribution in [0.1, 0.15) is 22.3 Å². The third-order valence-corrected chi connectivity index (χ3v) is 3.37. The van der Waals surface area contributed by atoms with Crippen LogP contribution in [0, 0.1) is 18.8 Å². The number of aliphatic carboxylic acids is 1. The molecule has 0 heterocycles. The maximum atomic E-state index is 12.2. The second-order valence-corrected chi connectivity index (χ2v) is 4.89.